The quantitative estimate of drug-likeness (QED) is 0.926. The van der Waals surface area contributed by atoms with Crippen molar-refractivity contribution >= 4 is 15.9 Å². The maximum atomic E-state index is 5.40. The van der Waals surface area contributed by atoms with Gasteiger partial charge in [-0.15, -0.1) is 0 Å². The molecule has 0 bridgehead atoms. The van der Waals surface area contributed by atoms with Gasteiger partial charge in [-0.3, -0.25) is 0 Å². The molecule has 1 aromatic carbocycles. The van der Waals surface area contributed by atoms with Gasteiger partial charge in [-0.2, -0.15) is 0 Å². The molecule has 3 nitrogen and oxygen atoms in total. The number of rotatable bonds is 4. The van der Waals surface area contributed by atoms with E-state index in [1.807, 2.05) is 0 Å². The third kappa shape index (κ3) is 2.43. The fourth-order valence-corrected chi connectivity index (χ4v) is 2.84. The lowest BCUT2D eigenvalue weighted by molar-refractivity contribution is 0.173. The SMILES string of the molecule is Brc1cc(CNCC2CCC2)cc2c1OCO2. The van der Waals surface area contributed by atoms with Gasteiger partial charge in [0.1, 0.15) is 0 Å². The molecule has 1 aliphatic carbocycles. The van der Waals surface area contributed by atoms with Crippen LogP contribution in [0.2, 0.25) is 0 Å². The van der Waals surface area contributed by atoms with Crippen molar-refractivity contribution in [3.63, 3.8) is 0 Å². The third-order valence-electron chi connectivity index (χ3n) is 3.47. The van der Waals surface area contributed by atoms with E-state index < -0.39 is 0 Å². The molecule has 0 spiro atoms. The van der Waals surface area contributed by atoms with Gasteiger partial charge in [0.15, 0.2) is 11.5 Å². The average molecular weight is 298 g/mol. The zero-order valence-electron chi connectivity index (χ0n) is 9.67. The first-order valence-corrected chi connectivity index (χ1v) is 6.91. The molecule has 1 aromatic rings. The van der Waals surface area contributed by atoms with Gasteiger partial charge in [-0.25, -0.2) is 0 Å². The second-order valence-corrected chi connectivity index (χ2v) is 5.59. The van der Waals surface area contributed by atoms with Crippen LogP contribution in [-0.2, 0) is 6.54 Å². The molecule has 2 aliphatic rings. The van der Waals surface area contributed by atoms with Gasteiger partial charge in [-0.05, 0) is 58.9 Å². The van der Waals surface area contributed by atoms with E-state index in [9.17, 15) is 0 Å². The smallest absolute Gasteiger partial charge is 0.231 e. The number of hydrogen-bond acceptors (Lipinski definition) is 3. The molecule has 0 saturated heterocycles. The summed E-state index contributed by atoms with van der Waals surface area (Å²) < 4.78 is 11.7. The lowest BCUT2D eigenvalue weighted by atomic mass is 9.85. The van der Waals surface area contributed by atoms with E-state index in [4.69, 9.17) is 9.47 Å². The van der Waals surface area contributed by atoms with Crippen molar-refractivity contribution in [2.45, 2.75) is 25.8 Å². The van der Waals surface area contributed by atoms with Gasteiger partial charge in [0.2, 0.25) is 6.79 Å². The van der Waals surface area contributed by atoms with E-state index in [0.717, 1.165) is 35.0 Å². The zero-order chi connectivity index (χ0) is 11.7. The molecule has 0 aromatic heterocycles. The Morgan fingerprint density at radius 1 is 1.29 bits per heavy atom. The van der Waals surface area contributed by atoms with Crippen LogP contribution >= 0.6 is 15.9 Å². The number of benzene rings is 1. The Labute approximate surface area is 110 Å². The molecule has 1 fully saturated rings. The molecule has 17 heavy (non-hydrogen) atoms. The van der Waals surface area contributed by atoms with Crippen molar-refractivity contribution in [2.24, 2.45) is 5.92 Å². The summed E-state index contributed by atoms with van der Waals surface area (Å²) >= 11 is 3.51. The van der Waals surface area contributed by atoms with Crippen molar-refractivity contribution in [3.05, 3.63) is 22.2 Å². The Morgan fingerprint density at radius 2 is 2.18 bits per heavy atom. The minimum atomic E-state index is 0.326. The van der Waals surface area contributed by atoms with Crippen LogP contribution in [0, 0.1) is 5.92 Å². The van der Waals surface area contributed by atoms with Crippen LogP contribution < -0.4 is 14.8 Å². The number of fused-ring (bicyclic) bond motifs is 1. The highest BCUT2D eigenvalue weighted by atomic mass is 79.9. The summed E-state index contributed by atoms with van der Waals surface area (Å²) in [7, 11) is 0. The topological polar surface area (TPSA) is 30.5 Å². The molecule has 1 N–H and O–H groups in total. The van der Waals surface area contributed by atoms with Crippen LogP contribution in [0.15, 0.2) is 16.6 Å². The molecule has 1 saturated carbocycles. The van der Waals surface area contributed by atoms with Gasteiger partial charge in [0, 0.05) is 6.54 Å². The molecule has 0 radical (unpaired) electrons. The number of hydrogen-bond donors (Lipinski definition) is 1. The Balaban J connectivity index is 1.60. The van der Waals surface area contributed by atoms with Crippen LogP contribution in [-0.4, -0.2) is 13.3 Å². The highest BCUT2D eigenvalue weighted by Gasteiger charge is 2.19. The molecule has 0 unspecified atom stereocenters. The van der Waals surface area contributed by atoms with Crippen LogP contribution in [0.4, 0.5) is 0 Å². The Hall–Kier alpha value is -0.740. The number of ether oxygens (including phenoxy) is 2. The first kappa shape index (κ1) is 11.4. The lowest BCUT2D eigenvalue weighted by Crippen LogP contribution is -2.26. The highest BCUT2D eigenvalue weighted by molar-refractivity contribution is 9.10. The van der Waals surface area contributed by atoms with Crippen LogP contribution in [0.25, 0.3) is 0 Å². The van der Waals surface area contributed by atoms with Gasteiger partial charge < -0.3 is 14.8 Å². The molecule has 1 heterocycles. The van der Waals surface area contributed by atoms with Gasteiger partial charge in [-0.1, -0.05) is 6.42 Å². The van der Waals surface area contributed by atoms with E-state index in [0.29, 0.717) is 6.79 Å². The summed E-state index contributed by atoms with van der Waals surface area (Å²) in [5.74, 6) is 2.57. The average Bonchev–Trinajstić information content (AvgIpc) is 2.70. The van der Waals surface area contributed by atoms with Gasteiger partial charge in [0.25, 0.3) is 0 Å². The van der Waals surface area contributed by atoms with Crippen LogP contribution in [0.3, 0.4) is 0 Å². The Bertz CT molecular complexity index is 418. The molecule has 0 amide bonds. The molecule has 0 atom stereocenters. The van der Waals surface area contributed by atoms with E-state index >= 15 is 0 Å². The standard InChI is InChI=1S/C13H16BrNO2/c14-11-4-10(5-12-13(11)17-8-16-12)7-15-6-9-2-1-3-9/h4-5,9,15H,1-3,6-8H2. The van der Waals surface area contributed by atoms with Crippen molar-refractivity contribution < 1.29 is 9.47 Å². The van der Waals surface area contributed by atoms with Crippen molar-refractivity contribution in [3.8, 4) is 11.5 Å². The van der Waals surface area contributed by atoms with Crippen molar-refractivity contribution in [1.29, 1.82) is 0 Å². The van der Waals surface area contributed by atoms with Gasteiger partial charge >= 0.3 is 0 Å². The largest absolute Gasteiger partial charge is 0.454 e. The second kappa shape index (κ2) is 4.86. The predicted octanol–water partition coefficient (Wildman–Crippen LogP) is 3.07. The minimum absolute atomic E-state index is 0.326. The van der Waals surface area contributed by atoms with Crippen LogP contribution in [0.1, 0.15) is 24.8 Å². The van der Waals surface area contributed by atoms with E-state index in [-0.39, 0.29) is 0 Å². The summed E-state index contributed by atoms with van der Waals surface area (Å²) in [6.45, 7) is 2.35. The summed E-state index contributed by atoms with van der Waals surface area (Å²) in [6.07, 6.45) is 4.18. The summed E-state index contributed by atoms with van der Waals surface area (Å²) in [5, 5.41) is 3.50. The summed E-state index contributed by atoms with van der Waals surface area (Å²) in [4.78, 5) is 0. The maximum absolute atomic E-state index is 5.40. The fraction of sp³-hybridized carbons (Fsp3) is 0.538. The number of halogens is 1. The van der Waals surface area contributed by atoms with E-state index in [1.54, 1.807) is 0 Å². The Morgan fingerprint density at radius 3 is 2.94 bits per heavy atom. The maximum Gasteiger partial charge on any atom is 0.231 e. The highest BCUT2D eigenvalue weighted by Crippen LogP contribution is 2.39. The molecule has 92 valence electrons. The van der Waals surface area contributed by atoms with Crippen molar-refractivity contribution in [1.82, 2.24) is 5.32 Å². The molecule has 1 aliphatic heterocycles. The minimum Gasteiger partial charge on any atom is -0.454 e. The Kier molecular flexibility index (Phi) is 3.25. The lowest BCUT2D eigenvalue weighted by Gasteiger charge is -2.25. The summed E-state index contributed by atoms with van der Waals surface area (Å²) in [5.41, 5.74) is 1.24. The fourth-order valence-electron chi connectivity index (χ4n) is 2.24. The van der Waals surface area contributed by atoms with Gasteiger partial charge in [0.05, 0.1) is 4.47 Å². The summed E-state index contributed by atoms with van der Waals surface area (Å²) in [6, 6.07) is 4.15. The monoisotopic (exact) mass is 297 g/mol. The second-order valence-electron chi connectivity index (χ2n) is 4.74. The molecule has 4 heteroatoms. The molecule has 3 rings (SSSR count). The van der Waals surface area contributed by atoms with Crippen molar-refractivity contribution in [2.75, 3.05) is 13.3 Å². The first-order chi connectivity index (χ1) is 8.33. The number of nitrogens with one attached hydrogen (secondary N) is 1. The van der Waals surface area contributed by atoms with E-state index in [1.165, 1.54) is 24.8 Å². The first-order valence-electron chi connectivity index (χ1n) is 6.11. The third-order valence-corrected chi connectivity index (χ3v) is 4.06. The predicted molar refractivity (Wildman–Crippen MR) is 69.3 cm³/mol. The van der Waals surface area contributed by atoms with E-state index in [2.05, 4.69) is 33.4 Å². The molecular weight excluding hydrogens is 282 g/mol. The zero-order valence-corrected chi connectivity index (χ0v) is 11.3. The normalized spacial score (nSPS) is 18.2. The molecular formula is C13H16BrNO2. The van der Waals surface area contributed by atoms with Crippen LogP contribution in [0.5, 0.6) is 11.5 Å².